The molecule has 0 spiro atoms. The quantitative estimate of drug-likeness (QED) is 0.523. The number of rotatable bonds is 2. The molecule has 0 radical (unpaired) electrons. The van der Waals surface area contributed by atoms with E-state index in [0.717, 1.165) is 11.1 Å². The maximum atomic E-state index is 10.4. The molecule has 0 atom stereocenters. The number of hydrogen-bond acceptors (Lipinski definition) is 2. The van der Waals surface area contributed by atoms with Crippen molar-refractivity contribution in [1.29, 1.82) is 0 Å². The molecule has 0 saturated carbocycles. The largest absolute Gasteiger partial charge is 0.398 e. The third kappa shape index (κ3) is 2.63. The van der Waals surface area contributed by atoms with Gasteiger partial charge in [-0.1, -0.05) is 12.1 Å². The smallest absolute Gasteiger partial charge is 0.241 e. The van der Waals surface area contributed by atoms with Crippen LogP contribution in [0.3, 0.4) is 0 Å². The standard InChI is InChI=1S/C10H12N2O/c1-7-2-3-8(6-9(7)11)4-5-10(12)13/h2-6H,11H2,1H3,(H2,12,13). The fourth-order valence-corrected chi connectivity index (χ4v) is 0.941. The highest BCUT2D eigenvalue weighted by molar-refractivity contribution is 5.90. The summed E-state index contributed by atoms with van der Waals surface area (Å²) in [5.41, 5.74) is 13.2. The van der Waals surface area contributed by atoms with Crippen LogP contribution in [0, 0.1) is 6.92 Å². The van der Waals surface area contributed by atoms with E-state index in [4.69, 9.17) is 11.5 Å². The molecule has 0 unspecified atom stereocenters. The van der Waals surface area contributed by atoms with Crippen LogP contribution in [0.15, 0.2) is 24.3 Å². The second-order valence-electron chi connectivity index (χ2n) is 2.85. The summed E-state index contributed by atoms with van der Waals surface area (Å²) in [5.74, 6) is -0.459. The van der Waals surface area contributed by atoms with Crippen LogP contribution in [0.4, 0.5) is 5.69 Å². The van der Waals surface area contributed by atoms with Crippen molar-refractivity contribution >= 4 is 17.7 Å². The molecule has 0 heterocycles. The fraction of sp³-hybridized carbons (Fsp3) is 0.100. The summed E-state index contributed by atoms with van der Waals surface area (Å²) >= 11 is 0. The van der Waals surface area contributed by atoms with Crippen LogP contribution in [-0.4, -0.2) is 5.91 Å². The molecule has 1 aromatic rings. The molecule has 0 aromatic heterocycles. The lowest BCUT2D eigenvalue weighted by Crippen LogP contribution is -2.05. The lowest BCUT2D eigenvalue weighted by atomic mass is 10.1. The Bertz CT molecular complexity index is 356. The molecule has 1 amide bonds. The Labute approximate surface area is 77.0 Å². The van der Waals surface area contributed by atoms with E-state index in [-0.39, 0.29) is 0 Å². The van der Waals surface area contributed by atoms with Gasteiger partial charge in [0.1, 0.15) is 0 Å². The van der Waals surface area contributed by atoms with Crippen molar-refractivity contribution in [3.63, 3.8) is 0 Å². The van der Waals surface area contributed by atoms with E-state index in [9.17, 15) is 4.79 Å². The average molecular weight is 176 g/mol. The Balaban J connectivity index is 2.92. The van der Waals surface area contributed by atoms with Gasteiger partial charge in [0.25, 0.3) is 0 Å². The molecule has 13 heavy (non-hydrogen) atoms. The summed E-state index contributed by atoms with van der Waals surface area (Å²) in [6, 6.07) is 5.58. The Morgan fingerprint density at radius 2 is 2.15 bits per heavy atom. The molecule has 3 heteroatoms. The molecular weight excluding hydrogens is 164 g/mol. The zero-order valence-electron chi connectivity index (χ0n) is 7.45. The van der Waals surface area contributed by atoms with Gasteiger partial charge in [0, 0.05) is 11.8 Å². The van der Waals surface area contributed by atoms with Gasteiger partial charge >= 0.3 is 0 Å². The molecule has 0 bridgehead atoms. The van der Waals surface area contributed by atoms with E-state index < -0.39 is 5.91 Å². The van der Waals surface area contributed by atoms with Gasteiger partial charge in [-0.3, -0.25) is 4.79 Å². The molecule has 0 fully saturated rings. The first-order valence-electron chi connectivity index (χ1n) is 3.93. The molecule has 68 valence electrons. The highest BCUT2D eigenvalue weighted by atomic mass is 16.1. The summed E-state index contributed by atoms with van der Waals surface area (Å²) in [5, 5.41) is 0. The molecule has 0 aliphatic heterocycles. The van der Waals surface area contributed by atoms with E-state index >= 15 is 0 Å². The van der Waals surface area contributed by atoms with Crippen LogP contribution in [0.5, 0.6) is 0 Å². The number of hydrogen-bond donors (Lipinski definition) is 2. The normalized spacial score (nSPS) is 10.5. The predicted octanol–water partition coefficient (Wildman–Crippen LogP) is 1.08. The first-order chi connectivity index (χ1) is 6.09. The van der Waals surface area contributed by atoms with E-state index in [1.54, 1.807) is 12.1 Å². The number of amides is 1. The minimum absolute atomic E-state index is 0.459. The number of nitrogens with two attached hydrogens (primary N) is 2. The van der Waals surface area contributed by atoms with Gasteiger partial charge in [-0.15, -0.1) is 0 Å². The minimum Gasteiger partial charge on any atom is -0.398 e. The van der Waals surface area contributed by atoms with Crippen LogP contribution < -0.4 is 11.5 Å². The van der Waals surface area contributed by atoms with Crippen molar-refractivity contribution in [3.05, 3.63) is 35.4 Å². The van der Waals surface area contributed by atoms with Crippen molar-refractivity contribution in [1.82, 2.24) is 0 Å². The zero-order chi connectivity index (χ0) is 9.84. The molecule has 0 aliphatic carbocycles. The van der Waals surface area contributed by atoms with E-state index in [1.165, 1.54) is 6.08 Å². The third-order valence-electron chi connectivity index (χ3n) is 1.74. The number of nitrogen functional groups attached to an aromatic ring is 1. The molecule has 0 saturated heterocycles. The number of aryl methyl sites for hydroxylation is 1. The van der Waals surface area contributed by atoms with Crippen LogP contribution in [0.1, 0.15) is 11.1 Å². The molecule has 0 aliphatic rings. The highest BCUT2D eigenvalue weighted by Crippen LogP contribution is 2.13. The van der Waals surface area contributed by atoms with Gasteiger partial charge in [-0.25, -0.2) is 0 Å². The van der Waals surface area contributed by atoms with Crippen LogP contribution in [0.2, 0.25) is 0 Å². The van der Waals surface area contributed by atoms with Crippen molar-refractivity contribution in [2.24, 2.45) is 5.73 Å². The van der Waals surface area contributed by atoms with Gasteiger partial charge in [0.2, 0.25) is 5.91 Å². The molecule has 1 aromatic carbocycles. The van der Waals surface area contributed by atoms with Crippen molar-refractivity contribution in [2.75, 3.05) is 5.73 Å². The van der Waals surface area contributed by atoms with Crippen molar-refractivity contribution < 1.29 is 4.79 Å². The average Bonchev–Trinajstić information content (AvgIpc) is 2.07. The number of anilines is 1. The summed E-state index contributed by atoms with van der Waals surface area (Å²) in [6.45, 7) is 1.93. The summed E-state index contributed by atoms with van der Waals surface area (Å²) in [4.78, 5) is 10.4. The minimum atomic E-state index is -0.459. The SMILES string of the molecule is Cc1ccc(C=CC(N)=O)cc1N. The topological polar surface area (TPSA) is 69.1 Å². The Kier molecular flexibility index (Phi) is 2.69. The Morgan fingerprint density at radius 1 is 1.46 bits per heavy atom. The van der Waals surface area contributed by atoms with E-state index in [2.05, 4.69) is 0 Å². The van der Waals surface area contributed by atoms with Crippen molar-refractivity contribution in [2.45, 2.75) is 6.92 Å². The van der Waals surface area contributed by atoms with Gasteiger partial charge in [0.15, 0.2) is 0 Å². The third-order valence-corrected chi connectivity index (χ3v) is 1.74. The maximum Gasteiger partial charge on any atom is 0.241 e. The maximum absolute atomic E-state index is 10.4. The lowest BCUT2D eigenvalue weighted by molar-refractivity contribution is -0.113. The van der Waals surface area contributed by atoms with Gasteiger partial charge in [-0.2, -0.15) is 0 Å². The number of carbonyl (C=O) groups excluding carboxylic acids is 1. The zero-order valence-corrected chi connectivity index (χ0v) is 7.45. The molecule has 1 rings (SSSR count). The van der Waals surface area contributed by atoms with Gasteiger partial charge in [-0.05, 0) is 30.2 Å². The van der Waals surface area contributed by atoms with Crippen LogP contribution in [-0.2, 0) is 4.79 Å². The summed E-state index contributed by atoms with van der Waals surface area (Å²) in [7, 11) is 0. The van der Waals surface area contributed by atoms with Gasteiger partial charge in [0.05, 0.1) is 0 Å². The summed E-state index contributed by atoms with van der Waals surface area (Å²) < 4.78 is 0. The van der Waals surface area contributed by atoms with E-state index in [0.29, 0.717) is 5.69 Å². The van der Waals surface area contributed by atoms with E-state index in [1.807, 2.05) is 19.1 Å². The van der Waals surface area contributed by atoms with Crippen LogP contribution >= 0.6 is 0 Å². The Hall–Kier alpha value is -1.77. The number of primary amides is 1. The van der Waals surface area contributed by atoms with Crippen molar-refractivity contribution in [3.8, 4) is 0 Å². The van der Waals surface area contributed by atoms with Crippen LogP contribution in [0.25, 0.3) is 6.08 Å². The second kappa shape index (κ2) is 3.76. The highest BCUT2D eigenvalue weighted by Gasteiger charge is 1.93. The lowest BCUT2D eigenvalue weighted by Gasteiger charge is -1.99. The van der Waals surface area contributed by atoms with Gasteiger partial charge < -0.3 is 11.5 Å². The predicted molar refractivity (Wildman–Crippen MR) is 53.8 cm³/mol. The second-order valence-corrected chi connectivity index (χ2v) is 2.85. The molecular formula is C10H12N2O. The number of carbonyl (C=O) groups is 1. The first kappa shape index (κ1) is 9.32. The fourth-order valence-electron chi connectivity index (χ4n) is 0.941. The summed E-state index contributed by atoms with van der Waals surface area (Å²) in [6.07, 6.45) is 2.95. The monoisotopic (exact) mass is 176 g/mol. The molecule has 3 nitrogen and oxygen atoms in total. The molecule has 4 N–H and O–H groups in total. The Morgan fingerprint density at radius 3 is 2.69 bits per heavy atom. The number of benzene rings is 1. The first-order valence-corrected chi connectivity index (χ1v) is 3.93.